The third-order valence-electron chi connectivity index (χ3n) is 3.38. The molecule has 0 spiro atoms. The number of methoxy groups -OCH3 is 1. The summed E-state index contributed by atoms with van der Waals surface area (Å²) in [6, 6.07) is 0.580. The Morgan fingerprint density at radius 1 is 1.22 bits per heavy atom. The lowest BCUT2D eigenvalue weighted by Gasteiger charge is -2.21. The molecule has 150 valence electrons. The number of aryl methyl sites for hydroxylation is 1. The second-order valence-corrected chi connectivity index (χ2v) is 7.86. The number of alkyl carbamates (subject to hydrolysis) is 1. The van der Waals surface area contributed by atoms with Gasteiger partial charge in [-0.15, -0.1) is 11.3 Å². The molecule has 1 heterocycles. The molecule has 1 atom stereocenters. The molecule has 0 fully saturated rings. The van der Waals surface area contributed by atoms with E-state index in [4.69, 9.17) is 4.74 Å². The van der Waals surface area contributed by atoms with Gasteiger partial charge in [0.2, 0.25) is 0 Å². The zero-order chi connectivity index (χ0) is 20.8. The van der Waals surface area contributed by atoms with E-state index in [2.05, 4.69) is 15.4 Å². The van der Waals surface area contributed by atoms with Crippen LogP contribution in [-0.2, 0) is 20.7 Å². The molecule has 0 aromatic carbocycles. The van der Waals surface area contributed by atoms with E-state index in [1.165, 1.54) is 14.0 Å². The monoisotopic (exact) mass is 398 g/mol. The maximum absolute atomic E-state index is 12.6. The second kappa shape index (κ2) is 9.50. The van der Waals surface area contributed by atoms with Gasteiger partial charge < -0.3 is 20.1 Å². The molecule has 0 unspecified atom stereocenters. The summed E-state index contributed by atoms with van der Waals surface area (Å²) in [7, 11) is 1.19. The maximum Gasteiger partial charge on any atom is 0.407 e. The van der Waals surface area contributed by atoms with Crippen LogP contribution in [0.4, 0.5) is 4.79 Å². The summed E-state index contributed by atoms with van der Waals surface area (Å²) >= 11 is 1.07. The lowest BCUT2D eigenvalue weighted by atomic mass is 10.1. The maximum atomic E-state index is 12.6. The first kappa shape index (κ1) is 22.6. The van der Waals surface area contributed by atoms with Crippen molar-refractivity contribution in [2.45, 2.75) is 52.7 Å². The number of ether oxygens (including phenoxy) is 2. The van der Waals surface area contributed by atoms with Gasteiger partial charge in [0.15, 0.2) is 5.78 Å². The van der Waals surface area contributed by atoms with Crippen LogP contribution in [0.15, 0.2) is 6.07 Å². The third kappa shape index (κ3) is 7.01. The van der Waals surface area contributed by atoms with Crippen molar-refractivity contribution in [2.24, 2.45) is 0 Å². The average molecular weight is 398 g/mol. The fraction of sp³-hybridized carbons (Fsp3) is 0.556. The van der Waals surface area contributed by atoms with Crippen molar-refractivity contribution < 1.29 is 28.7 Å². The summed E-state index contributed by atoms with van der Waals surface area (Å²) in [5.41, 5.74) is 0.0240. The minimum absolute atomic E-state index is 0.134. The molecule has 8 nitrogen and oxygen atoms in total. The number of hydrogen-bond donors (Lipinski definition) is 2. The lowest BCUT2D eigenvalue weighted by Crippen LogP contribution is -2.49. The van der Waals surface area contributed by atoms with E-state index in [0.717, 1.165) is 11.3 Å². The van der Waals surface area contributed by atoms with E-state index in [1.54, 1.807) is 26.8 Å². The number of thiophene rings is 1. The minimum atomic E-state index is -1.09. The molecule has 0 saturated carbocycles. The molecule has 1 aromatic heterocycles. The predicted molar refractivity (Wildman–Crippen MR) is 101 cm³/mol. The van der Waals surface area contributed by atoms with Gasteiger partial charge >= 0.3 is 12.1 Å². The molecule has 0 saturated heterocycles. The Hall–Kier alpha value is -2.42. The topological polar surface area (TPSA) is 111 Å². The van der Waals surface area contributed by atoms with Crippen LogP contribution < -0.4 is 10.6 Å². The third-order valence-corrected chi connectivity index (χ3v) is 4.66. The minimum Gasteiger partial charge on any atom is -0.467 e. The van der Waals surface area contributed by atoms with Crippen LogP contribution in [0.3, 0.4) is 0 Å². The Morgan fingerprint density at radius 3 is 2.33 bits per heavy atom. The molecule has 2 amide bonds. The van der Waals surface area contributed by atoms with Crippen LogP contribution >= 0.6 is 11.3 Å². The number of carbonyl (C=O) groups is 4. The normalized spacial score (nSPS) is 12.1. The first-order chi connectivity index (χ1) is 12.5. The number of carbonyl (C=O) groups excluding carboxylic acids is 4. The number of rotatable bonds is 7. The molecule has 0 aliphatic rings. The van der Waals surface area contributed by atoms with Crippen molar-refractivity contribution in [3.8, 4) is 0 Å². The number of esters is 1. The van der Waals surface area contributed by atoms with Crippen molar-refractivity contribution in [3.05, 3.63) is 21.4 Å². The zero-order valence-electron chi connectivity index (χ0n) is 16.4. The highest BCUT2D eigenvalue weighted by molar-refractivity contribution is 7.16. The molecule has 1 rings (SSSR count). The molecule has 2 N–H and O–H groups in total. The molecule has 0 aliphatic carbocycles. The van der Waals surface area contributed by atoms with Crippen LogP contribution in [0.2, 0.25) is 0 Å². The Balaban J connectivity index is 2.88. The van der Waals surface area contributed by atoms with Crippen LogP contribution in [0.25, 0.3) is 0 Å². The van der Waals surface area contributed by atoms with Gasteiger partial charge in [0, 0.05) is 0 Å². The van der Waals surface area contributed by atoms with Crippen LogP contribution in [0.1, 0.15) is 59.5 Å². The van der Waals surface area contributed by atoms with Gasteiger partial charge in [-0.2, -0.15) is 0 Å². The van der Waals surface area contributed by atoms with E-state index >= 15 is 0 Å². The molecular weight excluding hydrogens is 372 g/mol. The molecule has 27 heavy (non-hydrogen) atoms. The van der Waals surface area contributed by atoms with Gasteiger partial charge in [-0.1, -0.05) is 6.92 Å². The highest BCUT2D eigenvalue weighted by Gasteiger charge is 2.26. The number of Topliss-reactive ketones (excluding diaryl/α,β-unsaturated/α-hetero) is 1. The largest absolute Gasteiger partial charge is 0.467 e. The van der Waals surface area contributed by atoms with Crippen LogP contribution in [0.5, 0.6) is 0 Å². The Kier molecular flexibility index (Phi) is 7.96. The Morgan fingerprint density at radius 2 is 1.85 bits per heavy atom. The molecular formula is C18H26N2O6S. The molecule has 1 aromatic rings. The SMILES string of the molecule is CCc1cc(C(C)=O)sc1C(=O)N[C@@H](CNC(=O)OC(C)(C)C)C(=O)OC. The van der Waals surface area contributed by atoms with E-state index in [9.17, 15) is 19.2 Å². The van der Waals surface area contributed by atoms with Crippen LogP contribution in [-0.4, -0.2) is 49.1 Å². The summed E-state index contributed by atoms with van der Waals surface area (Å²) in [5.74, 6) is -1.35. The lowest BCUT2D eigenvalue weighted by molar-refractivity contribution is -0.142. The zero-order valence-corrected chi connectivity index (χ0v) is 17.2. The van der Waals surface area contributed by atoms with Gasteiger partial charge in [0.05, 0.1) is 23.4 Å². The van der Waals surface area contributed by atoms with E-state index in [1.807, 2.05) is 6.92 Å². The van der Waals surface area contributed by atoms with E-state index in [-0.39, 0.29) is 12.3 Å². The summed E-state index contributed by atoms with van der Waals surface area (Å²) in [4.78, 5) is 48.7. The molecule has 0 bridgehead atoms. The van der Waals surface area contributed by atoms with Gasteiger partial charge in [-0.05, 0) is 45.7 Å². The standard InChI is InChI=1S/C18H26N2O6S/c1-7-11-8-13(10(2)21)27-14(11)15(22)20-12(16(23)25-6)9-19-17(24)26-18(3,4)5/h8,12H,7,9H2,1-6H3,(H,19,24)(H,20,22)/t12-/m0/s1. The number of ketones is 1. The number of hydrogen-bond acceptors (Lipinski definition) is 7. The smallest absolute Gasteiger partial charge is 0.407 e. The predicted octanol–water partition coefficient (Wildman–Crippen LogP) is 2.31. The van der Waals surface area contributed by atoms with Gasteiger partial charge in [0.1, 0.15) is 11.6 Å². The van der Waals surface area contributed by atoms with Gasteiger partial charge in [-0.3, -0.25) is 9.59 Å². The first-order valence-corrected chi connectivity index (χ1v) is 9.29. The van der Waals surface area contributed by atoms with Crippen molar-refractivity contribution >= 4 is 35.1 Å². The first-order valence-electron chi connectivity index (χ1n) is 8.47. The fourth-order valence-corrected chi connectivity index (χ4v) is 3.17. The number of amides is 2. The summed E-state index contributed by atoms with van der Waals surface area (Å²) in [5, 5.41) is 4.98. The summed E-state index contributed by atoms with van der Waals surface area (Å²) in [6.45, 7) is 8.23. The Bertz CT molecular complexity index is 720. The van der Waals surface area contributed by atoms with Gasteiger partial charge in [0.25, 0.3) is 5.91 Å². The van der Waals surface area contributed by atoms with Gasteiger partial charge in [-0.25, -0.2) is 9.59 Å². The van der Waals surface area contributed by atoms with E-state index in [0.29, 0.717) is 21.7 Å². The van der Waals surface area contributed by atoms with Crippen molar-refractivity contribution in [1.82, 2.24) is 10.6 Å². The van der Waals surface area contributed by atoms with E-state index < -0.39 is 29.6 Å². The van der Waals surface area contributed by atoms with Crippen molar-refractivity contribution in [2.75, 3.05) is 13.7 Å². The summed E-state index contributed by atoms with van der Waals surface area (Å²) in [6.07, 6.45) is -0.152. The highest BCUT2D eigenvalue weighted by atomic mass is 32.1. The summed E-state index contributed by atoms with van der Waals surface area (Å²) < 4.78 is 9.79. The quantitative estimate of drug-likeness (QED) is 0.539. The molecule has 0 radical (unpaired) electrons. The van der Waals surface area contributed by atoms with Crippen LogP contribution in [0, 0.1) is 0 Å². The Labute approximate surface area is 162 Å². The van der Waals surface area contributed by atoms with Crippen molar-refractivity contribution in [1.29, 1.82) is 0 Å². The average Bonchev–Trinajstić information content (AvgIpc) is 3.00. The molecule has 0 aliphatic heterocycles. The molecule has 9 heteroatoms. The highest BCUT2D eigenvalue weighted by Crippen LogP contribution is 2.23. The number of nitrogens with one attached hydrogen (secondary N) is 2. The second-order valence-electron chi connectivity index (χ2n) is 6.81. The van der Waals surface area contributed by atoms with Crippen molar-refractivity contribution in [3.63, 3.8) is 0 Å². The fourth-order valence-electron chi connectivity index (χ4n) is 2.12.